The number of aryl methyl sites for hydroxylation is 1. The fourth-order valence-corrected chi connectivity index (χ4v) is 2.59. The van der Waals surface area contributed by atoms with Crippen LogP contribution >= 0.6 is 0 Å². The average molecular weight is 377 g/mol. The van der Waals surface area contributed by atoms with E-state index in [4.69, 9.17) is 0 Å². The fraction of sp³-hybridized carbons (Fsp3) is 0.136. The van der Waals surface area contributed by atoms with Gasteiger partial charge < -0.3 is 10.6 Å². The molecule has 2 N–H and O–H groups in total. The third-order valence-electron chi connectivity index (χ3n) is 4.23. The molecule has 1 aromatic heterocycles. The maximum Gasteiger partial charge on any atom is 0.270 e. The van der Waals surface area contributed by atoms with Crippen molar-refractivity contribution in [1.82, 2.24) is 15.6 Å². The Balaban J connectivity index is 1.60. The van der Waals surface area contributed by atoms with Gasteiger partial charge in [0, 0.05) is 30.4 Å². The summed E-state index contributed by atoms with van der Waals surface area (Å²) in [6, 6.07) is 17.0. The summed E-state index contributed by atoms with van der Waals surface area (Å²) in [6.07, 6.45) is 1.40. The van der Waals surface area contributed by atoms with Crippen molar-refractivity contribution in [3.63, 3.8) is 0 Å². The number of carbonyl (C=O) groups excluding carboxylic acids is 2. The van der Waals surface area contributed by atoms with Crippen molar-refractivity contribution in [3.05, 3.63) is 101 Å². The van der Waals surface area contributed by atoms with Crippen molar-refractivity contribution < 1.29 is 14.0 Å². The molecule has 0 aliphatic carbocycles. The van der Waals surface area contributed by atoms with E-state index < -0.39 is 5.91 Å². The van der Waals surface area contributed by atoms with Gasteiger partial charge in [-0.2, -0.15) is 0 Å². The van der Waals surface area contributed by atoms with Gasteiger partial charge in [0.2, 0.25) is 0 Å². The highest BCUT2D eigenvalue weighted by Crippen LogP contribution is 2.08. The van der Waals surface area contributed by atoms with Gasteiger partial charge in [0.1, 0.15) is 11.5 Å². The quantitative estimate of drug-likeness (QED) is 0.692. The Morgan fingerprint density at radius 1 is 0.929 bits per heavy atom. The van der Waals surface area contributed by atoms with Crippen LogP contribution < -0.4 is 10.6 Å². The van der Waals surface area contributed by atoms with Crippen LogP contribution in [0.4, 0.5) is 4.39 Å². The number of carbonyl (C=O) groups is 2. The van der Waals surface area contributed by atoms with Crippen molar-refractivity contribution >= 4 is 11.8 Å². The van der Waals surface area contributed by atoms with Gasteiger partial charge in [0.05, 0.1) is 0 Å². The maximum atomic E-state index is 13.6. The summed E-state index contributed by atoms with van der Waals surface area (Å²) in [5.74, 6) is -1.16. The fourth-order valence-electron chi connectivity index (χ4n) is 2.59. The maximum absolute atomic E-state index is 13.6. The molecule has 0 fully saturated rings. The average Bonchev–Trinajstić information content (AvgIpc) is 2.72. The molecule has 0 aliphatic heterocycles. The van der Waals surface area contributed by atoms with E-state index in [0.29, 0.717) is 17.7 Å². The van der Waals surface area contributed by atoms with E-state index in [1.165, 1.54) is 24.4 Å². The number of amides is 2. The molecule has 2 aromatic carbocycles. The summed E-state index contributed by atoms with van der Waals surface area (Å²) < 4.78 is 13.6. The predicted octanol–water partition coefficient (Wildman–Crippen LogP) is 3.39. The Bertz CT molecular complexity index is 987. The molecule has 1 heterocycles. The third-order valence-corrected chi connectivity index (χ3v) is 4.23. The molecule has 0 saturated heterocycles. The minimum absolute atomic E-state index is 0.0387. The van der Waals surface area contributed by atoms with E-state index in [1.54, 1.807) is 18.2 Å². The highest BCUT2D eigenvalue weighted by atomic mass is 19.1. The van der Waals surface area contributed by atoms with Crippen LogP contribution in [0.25, 0.3) is 0 Å². The SMILES string of the molecule is Cc1ccc(CNC(=O)c2ccnc(C(=O)NCc3ccccc3F)c2)cc1. The summed E-state index contributed by atoms with van der Waals surface area (Å²) in [5, 5.41) is 5.43. The Morgan fingerprint density at radius 2 is 1.64 bits per heavy atom. The van der Waals surface area contributed by atoms with Gasteiger partial charge in [-0.05, 0) is 30.7 Å². The van der Waals surface area contributed by atoms with Crippen molar-refractivity contribution in [1.29, 1.82) is 0 Å². The lowest BCUT2D eigenvalue weighted by Crippen LogP contribution is -2.26. The molecule has 28 heavy (non-hydrogen) atoms. The molecule has 5 nitrogen and oxygen atoms in total. The number of nitrogens with one attached hydrogen (secondary N) is 2. The molecule has 6 heteroatoms. The van der Waals surface area contributed by atoms with Gasteiger partial charge in [-0.15, -0.1) is 0 Å². The zero-order valence-electron chi connectivity index (χ0n) is 15.4. The molecular weight excluding hydrogens is 357 g/mol. The minimum Gasteiger partial charge on any atom is -0.348 e. The minimum atomic E-state index is -0.476. The molecule has 3 aromatic rings. The first-order chi connectivity index (χ1) is 13.5. The lowest BCUT2D eigenvalue weighted by molar-refractivity contribution is 0.0945. The number of hydrogen-bond acceptors (Lipinski definition) is 3. The molecular formula is C22H20FN3O2. The van der Waals surface area contributed by atoms with Gasteiger partial charge in [0.15, 0.2) is 0 Å². The van der Waals surface area contributed by atoms with Gasteiger partial charge >= 0.3 is 0 Å². The Hall–Kier alpha value is -3.54. The summed E-state index contributed by atoms with van der Waals surface area (Å²) in [5.41, 5.74) is 2.94. The number of pyridine rings is 1. The van der Waals surface area contributed by atoms with E-state index in [1.807, 2.05) is 31.2 Å². The van der Waals surface area contributed by atoms with Crippen molar-refractivity contribution in [2.24, 2.45) is 0 Å². The number of halogens is 1. The molecule has 0 bridgehead atoms. The molecule has 3 rings (SSSR count). The van der Waals surface area contributed by atoms with Crippen LogP contribution in [-0.2, 0) is 13.1 Å². The predicted molar refractivity (Wildman–Crippen MR) is 104 cm³/mol. The largest absolute Gasteiger partial charge is 0.348 e. The van der Waals surface area contributed by atoms with Crippen LogP contribution in [-0.4, -0.2) is 16.8 Å². The Labute approximate surface area is 162 Å². The second kappa shape index (κ2) is 8.90. The summed E-state index contributed by atoms with van der Waals surface area (Å²) in [7, 11) is 0. The van der Waals surface area contributed by atoms with E-state index in [9.17, 15) is 14.0 Å². The summed E-state index contributed by atoms with van der Waals surface area (Å²) in [4.78, 5) is 28.6. The Kier molecular flexibility index (Phi) is 6.11. The van der Waals surface area contributed by atoms with Crippen LogP contribution in [0.5, 0.6) is 0 Å². The van der Waals surface area contributed by atoms with Gasteiger partial charge in [-0.25, -0.2) is 4.39 Å². The van der Waals surface area contributed by atoms with Gasteiger partial charge in [-0.1, -0.05) is 48.0 Å². The van der Waals surface area contributed by atoms with Crippen LogP contribution in [0.2, 0.25) is 0 Å². The second-order valence-corrected chi connectivity index (χ2v) is 6.37. The monoisotopic (exact) mass is 377 g/mol. The molecule has 0 saturated carbocycles. The molecule has 0 atom stereocenters. The number of aromatic nitrogens is 1. The Morgan fingerprint density at radius 3 is 2.39 bits per heavy atom. The first-order valence-corrected chi connectivity index (χ1v) is 8.84. The highest BCUT2D eigenvalue weighted by molar-refractivity contribution is 5.98. The molecule has 0 spiro atoms. The summed E-state index contributed by atoms with van der Waals surface area (Å²) >= 11 is 0. The zero-order chi connectivity index (χ0) is 19.9. The molecule has 0 aliphatic rings. The van der Waals surface area contributed by atoms with E-state index in [0.717, 1.165) is 11.1 Å². The standard InChI is InChI=1S/C22H20FN3O2/c1-15-6-8-16(9-7-15)13-25-21(27)17-10-11-24-20(12-17)22(28)26-14-18-4-2-3-5-19(18)23/h2-12H,13-14H2,1H3,(H,25,27)(H,26,28). The lowest BCUT2D eigenvalue weighted by Gasteiger charge is -2.08. The zero-order valence-corrected chi connectivity index (χ0v) is 15.4. The molecule has 0 radical (unpaired) electrons. The smallest absolute Gasteiger partial charge is 0.270 e. The van der Waals surface area contributed by atoms with Crippen molar-refractivity contribution in [2.75, 3.05) is 0 Å². The number of nitrogens with zero attached hydrogens (tertiary/aromatic N) is 1. The first kappa shape index (κ1) is 19.2. The third kappa shape index (κ3) is 5.01. The number of benzene rings is 2. The van der Waals surface area contributed by atoms with Crippen LogP contribution in [0, 0.1) is 12.7 Å². The van der Waals surface area contributed by atoms with E-state index in [-0.39, 0.29) is 24.0 Å². The van der Waals surface area contributed by atoms with Crippen LogP contribution in [0.3, 0.4) is 0 Å². The van der Waals surface area contributed by atoms with Gasteiger partial charge in [0.25, 0.3) is 11.8 Å². The number of rotatable bonds is 6. The number of hydrogen-bond donors (Lipinski definition) is 2. The highest BCUT2D eigenvalue weighted by Gasteiger charge is 2.12. The van der Waals surface area contributed by atoms with Crippen molar-refractivity contribution in [3.8, 4) is 0 Å². The lowest BCUT2D eigenvalue weighted by atomic mass is 10.1. The van der Waals surface area contributed by atoms with E-state index in [2.05, 4.69) is 15.6 Å². The van der Waals surface area contributed by atoms with Crippen LogP contribution in [0.15, 0.2) is 66.9 Å². The first-order valence-electron chi connectivity index (χ1n) is 8.84. The normalized spacial score (nSPS) is 10.4. The second-order valence-electron chi connectivity index (χ2n) is 6.37. The van der Waals surface area contributed by atoms with Crippen LogP contribution in [0.1, 0.15) is 37.5 Å². The topological polar surface area (TPSA) is 71.1 Å². The summed E-state index contributed by atoms with van der Waals surface area (Å²) in [6.45, 7) is 2.42. The molecule has 142 valence electrons. The molecule has 0 unspecified atom stereocenters. The van der Waals surface area contributed by atoms with Gasteiger partial charge in [-0.3, -0.25) is 14.6 Å². The molecule has 2 amide bonds. The van der Waals surface area contributed by atoms with E-state index >= 15 is 0 Å². The van der Waals surface area contributed by atoms with Crippen molar-refractivity contribution in [2.45, 2.75) is 20.0 Å².